The molecule has 144 valence electrons. The van der Waals surface area contributed by atoms with Crippen LogP contribution in [0.5, 0.6) is 0 Å². The van der Waals surface area contributed by atoms with E-state index in [2.05, 4.69) is 10.3 Å². The highest BCUT2D eigenvalue weighted by Gasteiger charge is 2.32. The summed E-state index contributed by atoms with van der Waals surface area (Å²) < 4.78 is 5.87. The molecule has 1 saturated heterocycles. The van der Waals surface area contributed by atoms with E-state index in [0.717, 1.165) is 72.4 Å². The van der Waals surface area contributed by atoms with Gasteiger partial charge in [-0.2, -0.15) is 0 Å². The van der Waals surface area contributed by atoms with Crippen LogP contribution in [-0.4, -0.2) is 33.9 Å². The van der Waals surface area contributed by atoms with Crippen LogP contribution in [0.2, 0.25) is 0 Å². The molecule has 1 aromatic carbocycles. The SMILES string of the molecule is Cc1ccc2oc(C(=O)N3CCCC[C@H]3c3ncc4c(n3)CCNC4)cc2c1. The molecule has 1 atom stereocenters. The van der Waals surface area contributed by atoms with Crippen molar-refractivity contribution in [3.05, 3.63) is 58.9 Å². The van der Waals surface area contributed by atoms with Gasteiger partial charge in [0.2, 0.25) is 0 Å². The number of aryl methyl sites for hydroxylation is 1. The number of nitrogens with zero attached hydrogens (tertiary/aromatic N) is 3. The van der Waals surface area contributed by atoms with Crippen molar-refractivity contribution in [2.45, 2.75) is 45.2 Å². The summed E-state index contributed by atoms with van der Waals surface area (Å²) in [6.07, 6.45) is 5.80. The van der Waals surface area contributed by atoms with Gasteiger partial charge in [-0.05, 0) is 44.4 Å². The summed E-state index contributed by atoms with van der Waals surface area (Å²) in [6, 6.07) is 7.74. The summed E-state index contributed by atoms with van der Waals surface area (Å²) >= 11 is 0. The Morgan fingerprint density at radius 1 is 1.29 bits per heavy atom. The van der Waals surface area contributed by atoms with Crippen LogP contribution in [0.1, 0.15) is 58.5 Å². The molecule has 0 unspecified atom stereocenters. The molecule has 6 heteroatoms. The fraction of sp³-hybridized carbons (Fsp3) is 0.409. The number of likely N-dealkylation sites (tertiary alicyclic amines) is 1. The highest BCUT2D eigenvalue weighted by Crippen LogP contribution is 2.32. The van der Waals surface area contributed by atoms with Gasteiger partial charge in [0.25, 0.3) is 5.91 Å². The third-order valence-electron chi connectivity index (χ3n) is 5.77. The quantitative estimate of drug-likeness (QED) is 0.741. The lowest BCUT2D eigenvalue weighted by Crippen LogP contribution is -2.39. The van der Waals surface area contributed by atoms with Crippen LogP contribution in [0.3, 0.4) is 0 Å². The molecule has 2 aromatic heterocycles. The molecule has 1 amide bonds. The Kier molecular flexibility index (Phi) is 4.36. The average Bonchev–Trinajstić information content (AvgIpc) is 3.16. The summed E-state index contributed by atoms with van der Waals surface area (Å²) in [6.45, 7) is 4.51. The molecule has 28 heavy (non-hydrogen) atoms. The van der Waals surface area contributed by atoms with Gasteiger partial charge in [-0.25, -0.2) is 9.97 Å². The van der Waals surface area contributed by atoms with Gasteiger partial charge in [0.1, 0.15) is 5.58 Å². The van der Waals surface area contributed by atoms with Crippen LogP contribution >= 0.6 is 0 Å². The molecule has 0 bridgehead atoms. The molecule has 4 heterocycles. The van der Waals surface area contributed by atoms with E-state index in [1.807, 2.05) is 42.3 Å². The van der Waals surface area contributed by atoms with Crippen molar-refractivity contribution >= 4 is 16.9 Å². The summed E-state index contributed by atoms with van der Waals surface area (Å²) in [5.41, 5.74) is 4.18. The smallest absolute Gasteiger partial charge is 0.290 e. The molecule has 0 saturated carbocycles. The van der Waals surface area contributed by atoms with Gasteiger partial charge in [0, 0.05) is 48.9 Å². The Labute approximate surface area is 164 Å². The van der Waals surface area contributed by atoms with E-state index in [1.165, 1.54) is 0 Å². The maximum Gasteiger partial charge on any atom is 0.290 e. The number of amides is 1. The number of piperidine rings is 1. The molecule has 1 fully saturated rings. The van der Waals surface area contributed by atoms with Gasteiger partial charge in [-0.3, -0.25) is 4.79 Å². The number of furan rings is 1. The van der Waals surface area contributed by atoms with Gasteiger partial charge in [0.05, 0.1) is 6.04 Å². The van der Waals surface area contributed by atoms with Crippen LogP contribution in [0.25, 0.3) is 11.0 Å². The molecule has 0 spiro atoms. The normalized spacial score (nSPS) is 19.6. The van der Waals surface area contributed by atoms with E-state index in [9.17, 15) is 4.79 Å². The predicted molar refractivity (Wildman–Crippen MR) is 106 cm³/mol. The number of benzene rings is 1. The maximum absolute atomic E-state index is 13.3. The first kappa shape index (κ1) is 17.4. The molecule has 0 aliphatic carbocycles. The minimum Gasteiger partial charge on any atom is -0.451 e. The van der Waals surface area contributed by atoms with Crippen molar-refractivity contribution < 1.29 is 9.21 Å². The zero-order valence-electron chi connectivity index (χ0n) is 16.1. The maximum atomic E-state index is 13.3. The summed E-state index contributed by atoms with van der Waals surface area (Å²) in [5.74, 6) is 1.09. The fourth-order valence-electron chi connectivity index (χ4n) is 4.26. The van der Waals surface area contributed by atoms with Crippen molar-refractivity contribution in [3.8, 4) is 0 Å². The number of rotatable bonds is 2. The van der Waals surface area contributed by atoms with Crippen molar-refractivity contribution in [2.75, 3.05) is 13.1 Å². The van der Waals surface area contributed by atoms with Gasteiger partial charge >= 0.3 is 0 Å². The summed E-state index contributed by atoms with van der Waals surface area (Å²) in [5, 5.41) is 4.32. The van der Waals surface area contributed by atoms with Crippen LogP contribution < -0.4 is 5.32 Å². The average molecular weight is 376 g/mol. The Balaban J connectivity index is 1.47. The monoisotopic (exact) mass is 376 g/mol. The predicted octanol–water partition coefficient (Wildman–Crippen LogP) is 3.54. The zero-order chi connectivity index (χ0) is 19.1. The van der Waals surface area contributed by atoms with Gasteiger partial charge in [0.15, 0.2) is 11.6 Å². The number of carbonyl (C=O) groups excluding carboxylic acids is 1. The highest BCUT2D eigenvalue weighted by molar-refractivity contribution is 5.96. The Morgan fingerprint density at radius 3 is 3.14 bits per heavy atom. The van der Waals surface area contributed by atoms with E-state index in [4.69, 9.17) is 9.40 Å². The Hall–Kier alpha value is -2.73. The molecule has 1 N–H and O–H groups in total. The topological polar surface area (TPSA) is 71.3 Å². The molecule has 2 aliphatic heterocycles. The van der Waals surface area contributed by atoms with E-state index in [-0.39, 0.29) is 11.9 Å². The van der Waals surface area contributed by atoms with Gasteiger partial charge in [-0.1, -0.05) is 11.6 Å². The summed E-state index contributed by atoms with van der Waals surface area (Å²) in [4.78, 5) is 24.7. The van der Waals surface area contributed by atoms with E-state index < -0.39 is 0 Å². The number of nitrogens with one attached hydrogen (secondary N) is 1. The first-order valence-electron chi connectivity index (χ1n) is 10.1. The molecule has 6 nitrogen and oxygen atoms in total. The molecular weight excluding hydrogens is 352 g/mol. The van der Waals surface area contributed by atoms with Gasteiger partial charge < -0.3 is 14.6 Å². The Bertz CT molecular complexity index is 1040. The van der Waals surface area contributed by atoms with Crippen molar-refractivity contribution in [3.63, 3.8) is 0 Å². The molecular formula is C22H24N4O2. The number of hydrogen-bond donors (Lipinski definition) is 1. The number of aromatic nitrogens is 2. The van der Waals surface area contributed by atoms with Gasteiger partial charge in [-0.15, -0.1) is 0 Å². The summed E-state index contributed by atoms with van der Waals surface area (Å²) in [7, 11) is 0. The van der Waals surface area contributed by atoms with Crippen LogP contribution in [-0.2, 0) is 13.0 Å². The second kappa shape index (κ2) is 7.02. The largest absolute Gasteiger partial charge is 0.451 e. The highest BCUT2D eigenvalue weighted by atomic mass is 16.3. The lowest BCUT2D eigenvalue weighted by molar-refractivity contribution is 0.0569. The lowest BCUT2D eigenvalue weighted by Gasteiger charge is -2.34. The van der Waals surface area contributed by atoms with Crippen LogP contribution in [0.4, 0.5) is 0 Å². The first-order chi connectivity index (χ1) is 13.7. The lowest BCUT2D eigenvalue weighted by atomic mass is 10.00. The Morgan fingerprint density at radius 2 is 2.21 bits per heavy atom. The van der Waals surface area contributed by atoms with Crippen molar-refractivity contribution in [1.82, 2.24) is 20.2 Å². The van der Waals surface area contributed by atoms with Crippen LogP contribution in [0, 0.1) is 6.92 Å². The second-order valence-corrected chi connectivity index (χ2v) is 7.79. The number of hydrogen-bond acceptors (Lipinski definition) is 5. The van der Waals surface area contributed by atoms with E-state index >= 15 is 0 Å². The molecule has 2 aliphatic rings. The zero-order valence-corrected chi connectivity index (χ0v) is 16.1. The standard InChI is InChI=1S/C22H24N4O2/c1-14-5-6-19-15(10-14)11-20(28-19)22(27)26-9-3-2-4-18(26)21-24-13-16-12-23-8-7-17(16)25-21/h5-6,10-11,13,18,23H,2-4,7-9,12H2,1H3/t18-/m0/s1. The second-order valence-electron chi connectivity index (χ2n) is 7.79. The third-order valence-corrected chi connectivity index (χ3v) is 5.77. The first-order valence-corrected chi connectivity index (χ1v) is 10.1. The molecule has 3 aromatic rings. The van der Waals surface area contributed by atoms with Crippen LogP contribution in [0.15, 0.2) is 34.9 Å². The number of fused-ring (bicyclic) bond motifs is 2. The van der Waals surface area contributed by atoms with E-state index in [0.29, 0.717) is 12.3 Å². The fourth-order valence-corrected chi connectivity index (χ4v) is 4.26. The number of carbonyl (C=O) groups is 1. The van der Waals surface area contributed by atoms with Crippen molar-refractivity contribution in [1.29, 1.82) is 0 Å². The molecule has 5 rings (SSSR count). The molecule has 0 radical (unpaired) electrons. The minimum atomic E-state index is -0.0867. The third kappa shape index (κ3) is 3.07. The van der Waals surface area contributed by atoms with Crippen molar-refractivity contribution in [2.24, 2.45) is 0 Å². The minimum absolute atomic E-state index is 0.0680. The van der Waals surface area contributed by atoms with E-state index in [1.54, 1.807) is 0 Å².